The lowest BCUT2D eigenvalue weighted by Crippen LogP contribution is -2.10. The standard InChI is InChI=1S/C21H23N3/c1-14-12-18-19(13-15(14)2)24(11-10-22)20(23-18)16-6-8-17(9-7-16)21(3,4)5/h6-9,12-13H,11H2,1-5H3. The number of aromatic nitrogens is 2. The first-order valence-electron chi connectivity index (χ1n) is 8.26. The molecule has 3 aromatic rings. The van der Waals surface area contributed by atoms with Gasteiger partial charge in [0, 0.05) is 5.56 Å². The Kier molecular flexibility index (Phi) is 3.93. The van der Waals surface area contributed by atoms with Crippen molar-refractivity contribution in [3.05, 3.63) is 53.1 Å². The quantitative estimate of drug-likeness (QED) is 0.656. The van der Waals surface area contributed by atoms with Crippen LogP contribution in [0.25, 0.3) is 22.4 Å². The van der Waals surface area contributed by atoms with Crippen LogP contribution in [-0.4, -0.2) is 9.55 Å². The van der Waals surface area contributed by atoms with Crippen molar-refractivity contribution in [1.29, 1.82) is 5.26 Å². The lowest BCUT2D eigenvalue weighted by atomic mass is 9.87. The zero-order chi connectivity index (χ0) is 17.5. The molecule has 122 valence electrons. The average Bonchev–Trinajstić information content (AvgIpc) is 2.85. The number of fused-ring (bicyclic) bond motifs is 1. The van der Waals surface area contributed by atoms with E-state index in [9.17, 15) is 5.26 Å². The molecule has 0 radical (unpaired) electrons. The highest BCUT2D eigenvalue weighted by molar-refractivity contribution is 5.82. The van der Waals surface area contributed by atoms with Crippen LogP contribution in [0.15, 0.2) is 36.4 Å². The smallest absolute Gasteiger partial charge is 0.142 e. The third kappa shape index (κ3) is 2.80. The number of benzene rings is 2. The Hall–Kier alpha value is -2.60. The molecular formula is C21H23N3. The van der Waals surface area contributed by atoms with E-state index < -0.39 is 0 Å². The Labute approximate surface area is 143 Å². The maximum atomic E-state index is 9.24. The lowest BCUT2D eigenvalue weighted by molar-refractivity contribution is 0.590. The normalized spacial score (nSPS) is 11.7. The van der Waals surface area contributed by atoms with Gasteiger partial charge in [0.2, 0.25) is 0 Å². The van der Waals surface area contributed by atoms with E-state index in [4.69, 9.17) is 4.98 Å². The fourth-order valence-electron chi connectivity index (χ4n) is 2.95. The molecule has 24 heavy (non-hydrogen) atoms. The first-order valence-corrected chi connectivity index (χ1v) is 8.26. The van der Waals surface area contributed by atoms with Gasteiger partial charge in [0.05, 0.1) is 17.1 Å². The highest BCUT2D eigenvalue weighted by Crippen LogP contribution is 2.29. The summed E-state index contributed by atoms with van der Waals surface area (Å²) in [5, 5.41) is 9.24. The van der Waals surface area contributed by atoms with Crippen molar-refractivity contribution in [2.45, 2.75) is 46.6 Å². The van der Waals surface area contributed by atoms with E-state index in [2.05, 4.69) is 77.1 Å². The molecule has 0 atom stereocenters. The van der Waals surface area contributed by atoms with Crippen molar-refractivity contribution in [1.82, 2.24) is 9.55 Å². The monoisotopic (exact) mass is 317 g/mol. The second-order valence-corrected chi connectivity index (χ2v) is 7.43. The molecule has 0 saturated carbocycles. The van der Waals surface area contributed by atoms with Gasteiger partial charge in [-0.25, -0.2) is 4.98 Å². The summed E-state index contributed by atoms with van der Waals surface area (Å²) in [7, 11) is 0. The van der Waals surface area contributed by atoms with E-state index in [1.165, 1.54) is 16.7 Å². The molecule has 0 fully saturated rings. The summed E-state index contributed by atoms with van der Waals surface area (Å²) in [5.74, 6) is 0.858. The maximum Gasteiger partial charge on any atom is 0.142 e. The second kappa shape index (κ2) is 5.79. The molecule has 0 amide bonds. The molecule has 0 spiro atoms. The number of aryl methyl sites for hydroxylation is 2. The first kappa shape index (κ1) is 16.3. The molecule has 3 nitrogen and oxygen atoms in total. The number of nitrogens with zero attached hydrogens (tertiary/aromatic N) is 3. The molecule has 3 heteroatoms. The Morgan fingerprint density at radius 2 is 1.67 bits per heavy atom. The molecule has 2 aromatic carbocycles. The van der Waals surface area contributed by atoms with E-state index in [0.29, 0.717) is 6.54 Å². The molecule has 0 aliphatic carbocycles. The Morgan fingerprint density at radius 1 is 1.04 bits per heavy atom. The van der Waals surface area contributed by atoms with Crippen LogP contribution in [0.3, 0.4) is 0 Å². The highest BCUT2D eigenvalue weighted by atomic mass is 15.1. The van der Waals surface area contributed by atoms with Crippen LogP contribution < -0.4 is 0 Å². The summed E-state index contributed by atoms with van der Waals surface area (Å²) in [6.07, 6.45) is 0. The number of rotatable bonds is 2. The van der Waals surface area contributed by atoms with Gasteiger partial charge >= 0.3 is 0 Å². The van der Waals surface area contributed by atoms with Crippen LogP contribution in [0.1, 0.15) is 37.5 Å². The molecule has 0 aliphatic rings. The van der Waals surface area contributed by atoms with Gasteiger partial charge in [-0.15, -0.1) is 0 Å². The van der Waals surface area contributed by atoms with E-state index in [-0.39, 0.29) is 5.41 Å². The van der Waals surface area contributed by atoms with Gasteiger partial charge in [-0.05, 0) is 48.1 Å². The fourth-order valence-corrected chi connectivity index (χ4v) is 2.95. The van der Waals surface area contributed by atoms with Crippen molar-refractivity contribution < 1.29 is 0 Å². The van der Waals surface area contributed by atoms with Crippen molar-refractivity contribution in [3.63, 3.8) is 0 Å². The number of hydrogen-bond donors (Lipinski definition) is 0. The van der Waals surface area contributed by atoms with Crippen molar-refractivity contribution in [2.24, 2.45) is 0 Å². The molecular weight excluding hydrogens is 294 g/mol. The van der Waals surface area contributed by atoms with Crippen LogP contribution >= 0.6 is 0 Å². The summed E-state index contributed by atoms with van der Waals surface area (Å²) in [4.78, 5) is 4.81. The minimum absolute atomic E-state index is 0.125. The summed E-state index contributed by atoms with van der Waals surface area (Å²) in [5.41, 5.74) is 6.87. The Morgan fingerprint density at radius 3 is 2.25 bits per heavy atom. The van der Waals surface area contributed by atoms with Crippen molar-refractivity contribution >= 4 is 11.0 Å². The van der Waals surface area contributed by atoms with Crippen LogP contribution in [0.5, 0.6) is 0 Å². The molecule has 0 bridgehead atoms. The zero-order valence-corrected chi connectivity index (χ0v) is 15.0. The van der Waals surface area contributed by atoms with Gasteiger partial charge in [0.15, 0.2) is 0 Å². The van der Waals surface area contributed by atoms with Crippen molar-refractivity contribution in [2.75, 3.05) is 0 Å². The molecule has 0 aliphatic heterocycles. The van der Waals surface area contributed by atoms with Crippen molar-refractivity contribution in [3.8, 4) is 17.5 Å². The first-order chi connectivity index (χ1) is 11.3. The Bertz CT molecular complexity index is 932. The topological polar surface area (TPSA) is 41.6 Å². The summed E-state index contributed by atoms with van der Waals surface area (Å²) < 4.78 is 2.01. The van der Waals surface area contributed by atoms with Crippen LogP contribution in [0.4, 0.5) is 0 Å². The molecule has 0 N–H and O–H groups in total. The zero-order valence-electron chi connectivity index (χ0n) is 15.0. The molecule has 0 unspecified atom stereocenters. The van der Waals surface area contributed by atoms with E-state index in [0.717, 1.165) is 22.4 Å². The van der Waals surface area contributed by atoms with Gasteiger partial charge in [0.1, 0.15) is 12.4 Å². The predicted molar refractivity (Wildman–Crippen MR) is 99.0 cm³/mol. The van der Waals surface area contributed by atoms with Gasteiger partial charge in [-0.2, -0.15) is 5.26 Å². The molecule has 0 saturated heterocycles. The largest absolute Gasteiger partial charge is 0.310 e. The third-order valence-electron chi connectivity index (χ3n) is 4.60. The van der Waals surface area contributed by atoms with Gasteiger partial charge in [-0.3, -0.25) is 0 Å². The summed E-state index contributed by atoms with van der Waals surface area (Å²) >= 11 is 0. The third-order valence-corrected chi connectivity index (χ3v) is 4.60. The van der Waals surface area contributed by atoms with Gasteiger partial charge < -0.3 is 4.57 Å². The number of imidazole rings is 1. The van der Waals surface area contributed by atoms with Gasteiger partial charge in [-0.1, -0.05) is 45.0 Å². The van der Waals surface area contributed by atoms with Crippen LogP contribution in [0, 0.1) is 25.2 Å². The number of hydrogen-bond acceptors (Lipinski definition) is 2. The van der Waals surface area contributed by atoms with Crippen LogP contribution in [-0.2, 0) is 12.0 Å². The second-order valence-electron chi connectivity index (χ2n) is 7.43. The minimum Gasteiger partial charge on any atom is -0.310 e. The molecule has 3 rings (SSSR count). The highest BCUT2D eigenvalue weighted by Gasteiger charge is 2.16. The Balaban J connectivity index is 2.18. The predicted octanol–water partition coefficient (Wildman–Crippen LogP) is 5.14. The maximum absolute atomic E-state index is 9.24. The summed E-state index contributed by atoms with van der Waals surface area (Å²) in [6.45, 7) is 11.1. The average molecular weight is 317 g/mol. The number of nitriles is 1. The van der Waals surface area contributed by atoms with E-state index >= 15 is 0 Å². The minimum atomic E-state index is 0.125. The fraction of sp³-hybridized carbons (Fsp3) is 0.333. The van der Waals surface area contributed by atoms with Gasteiger partial charge in [0.25, 0.3) is 0 Å². The lowest BCUT2D eigenvalue weighted by Gasteiger charge is -2.19. The van der Waals surface area contributed by atoms with E-state index in [1.807, 2.05) is 4.57 Å². The van der Waals surface area contributed by atoms with Crippen LogP contribution in [0.2, 0.25) is 0 Å². The SMILES string of the molecule is Cc1cc2nc(-c3ccc(C(C)(C)C)cc3)n(CC#N)c2cc1C. The molecule has 1 heterocycles. The molecule has 1 aromatic heterocycles. The van der Waals surface area contributed by atoms with E-state index in [1.54, 1.807) is 0 Å². The summed E-state index contributed by atoms with van der Waals surface area (Å²) in [6, 6.07) is 15.0.